The van der Waals surface area contributed by atoms with Crippen LogP contribution in [0.3, 0.4) is 0 Å². The first kappa shape index (κ1) is 22.2. The zero-order valence-corrected chi connectivity index (χ0v) is 17.7. The van der Waals surface area contributed by atoms with Gasteiger partial charge in [0.25, 0.3) is 5.56 Å². The highest BCUT2D eigenvalue weighted by Crippen LogP contribution is 2.40. The second kappa shape index (κ2) is 8.36. The van der Waals surface area contributed by atoms with Crippen molar-refractivity contribution in [3.05, 3.63) is 40.6 Å². The van der Waals surface area contributed by atoms with Crippen molar-refractivity contribution in [2.45, 2.75) is 56.5 Å². The van der Waals surface area contributed by atoms with Crippen molar-refractivity contribution in [2.24, 2.45) is 5.92 Å². The molecule has 1 aliphatic carbocycles. The van der Waals surface area contributed by atoms with Crippen LogP contribution in [0.4, 0.5) is 8.78 Å². The summed E-state index contributed by atoms with van der Waals surface area (Å²) in [5.41, 5.74) is 1.68. The van der Waals surface area contributed by atoms with Crippen LogP contribution in [0.5, 0.6) is 0 Å². The molecule has 0 unspecified atom stereocenters. The van der Waals surface area contributed by atoms with Crippen LogP contribution >= 0.6 is 24.8 Å². The Kier molecular flexibility index (Phi) is 6.41. The highest BCUT2D eigenvalue weighted by atomic mass is 35.5. The predicted molar refractivity (Wildman–Crippen MR) is 113 cm³/mol. The van der Waals surface area contributed by atoms with Crippen molar-refractivity contribution in [1.29, 1.82) is 0 Å². The normalized spacial score (nSPS) is 25.4. The fraction of sp³-hybridized carbons (Fsp3) is 0.600. The second-order valence-electron chi connectivity index (χ2n) is 8.29. The molecule has 2 aromatic heterocycles. The van der Waals surface area contributed by atoms with E-state index in [1.807, 2.05) is 21.4 Å². The summed E-state index contributed by atoms with van der Waals surface area (Å²) in [6, 6.07) is 3.91. The Labute approximate surface area is 180 Å². The third-order valence-corrected chi connectivity index (χ3v) is 6.50. The predicted octanol–water partition coefficient (Wildman–Crippen LogP) is 4.01. The summed E-state index contributed by atoms with van der Waals surface area (Å²) < 4.78 is 30.9. The van der Waals surface area contributed by atoms with E-state index in [9.17, 15) is 13.6 Å². The summed E-state index contributed by atoms with van der Waals surface area (Å²) in [6.07, 6.45) is 5.26. The van der Waals surface area contributed by atoms with Crippen LogP contribution < -0.4 is 10.9 Å². The standard InChI is InChI=1S/C20H24F2N4O.2ClH/c21-20(22)5-3-15(4-6-20)25-8-7-24-18(25)16-1-2-17-14-9-13(10-23-11-14)12-26(17)19(16)27;;/h1-2,7-8,13-15,23H,3-6,9-12H2;2*1H/t13-,14+;;/m0../s1. The number of aromatic nitrogens is 3. The highest BCUT2D eigenvalue weighted by Gasteiger charge is 2.36. The van der Waals surface area contributed by atoms with Gasteiger partial charge < -0.3 is 14.5 Å². The van der Waals surface area contributed by atoms with E-state index in [1.54, 1.807) is 6.20 Å². The van der Waals surface area contributed by atoms with E-state index in [0.29, 0.717) is 36.1 Å². The number of nitrogens with one attached hydrogen (secondary N) is 1. The van der Waals surface area contributed by atoms with Crippen molar-refractivity contribution in [3.8, 4) is 11.4 Å². The number of fused-ring (bicyclic) bond motifs is 4. The minimum Gasteiger partial charge on any atom is -0.328 e. The van der Waals surface area contributed by atoms with Crippen LogP contribution in [0.1, 0.15) is 49.8 Å². The lowest BCUT2D eigenvalue weighted by Gasteiger charge is -2.37. The van der Waals surface area contributed by atoms with Gasteiger partial charge in [-0.3, -0.25) is 4.79 Å². The van der Waals surface area contributed by atoms with Crippen LogP contribution in [0.25, 0.3) is 11.4 Å². The molecule has 3 aliphatic rings. The first-order chi connectivity index (χ1) is 13.0. The lowest BCUT2D eigenvalue weighted by Crippen LogP contribution is -2.45. The van der Waals surface area contributed by atoms with E-state index in [2.05, 4.69) is 16.4 Å². The van der Waals surface area contributed by atoms with Crippen molar-refractivity contribution >= 4 is 24.8 Å². The molecule has 2 bridgehead atoms. The maximum Gasteiger partial charge on any atom is 0.261 e. The molecule has 2 fully saturated rings. The number of hydrogen-bond donors (Lipinski definition) is 1. The second-order valence-corrected chi connectivity index (χ2v) is 8.29. The monoisotopic (exact) mass is 446 g/mol. The Morgan fingerprint density at radius 1 is 1.14 bits per heavy atom. The van der Waals surface area contributed by atoms with Crippen LogP contribution in [0.15, 0.2) is 29.3 Å². The zero-order chi connectivity index (χ0) is 18.6. The Morgan fingerprint density at radius 2 is 1.90 bits per heavy atom. The van der Waals surface area contributed by atoms with Crippen LogP contribution in [-0.4, -0.2) is 33.1 Å². The Morgan fingerprint density at radius 3 is 2.66 bits per heavy atom. The van der Waals surface area contributed by atoms with Gasteiger partial charge in [0.2, 0.25) is 5.92 Å². The summed E-state index contributed by atoms with van der Waals surface area (Å²) in [7, 11) is 0. The van der Waals surface area contributed by atoms with Gasteiger partial charge in [0.15, 0.2) is 0 Å². The summed E-state index contributed by atoms with van der Waals surface area (Å²) in [4.78, 5) is 17.7. The fourth-order valence-electron chi connectivity index (χ4n) is 5.08. The van der Waals surface area contributed by atoms with E-state index in [4.69, 9.17) is 0 Å². The fourth-order valence-corrected chi connectivity index (χ4v) is 5.08. The Balaban J connectivity index is 0.00000120. The highest BCUT2D eigenvalue weighted by molar-refractivity contribution is 5.85. The van der Waals surface area contributed by atoms with Crippen molar-refractivity contribution in [3.63, 3.8) is 0 Å². The number of halogens is 4. The molecule has 0 spiro atoms. The maximum atomic E-state index is 13.5. The summed E-state index contributed by atoms with van der Waals surface area (Å²) in [5, 5.41) is 3.45. The molecule has 5 rings (SSSR count). The number of alkyl halides is 2. The average molecular weight is 447 g/mol. The number of rotatable bonds is 2. The Bertz CT molecular complexity index is 919. The molecule has 4 heterocycles. The summed E-state index contributed by atoms with van der Waals surface area (Å²) in [5.74, 6) is -1.07. The average Bonchev–Trinajstić information content (AvgIpc) is 3.12. The third-order valence-electron chi connectivity index (χ3n) is 6.50. The van der Waals surface area contributed by atoms with Crippen molar-refractivity contribution in [2.75, 3.05) is 13.1 Å². The van der Waals surface area contributed by atoms with Crippen molar-refractivity contribution in [1.82, 2.24) is 19.4 Å². The van der Waals surface area contributed by atoms with Crippen molar-refractivity contribution < 1.29 is 8.78 Å². The molecule has 0 aromatic carbocycles. The van der Waals surface area contributed by atoms with Gasteiger partial charge in [0.05, 0.1) is 5.56 Å². The number of piperidine rings is 1. The van der Waals surface area contributed by atoms with Gasteiger partial charge in [0, 0.05) is 56.0 Å². The van der Waals surface area contributed by atoms with Gasteiger partial charge in [-0.1, -0.05) is 0 Å². The molecule has 2 aromatic rings. The van der Waals surface area contributed by atoms with E-state index >= 15 is 0 Å². The number of nitrogens with zero attached hydrogens (tertiary/aromatic N) is 3. The van der Waals surface area contributed by atoms with E-state index in [0.717, 1.165) is 31.7 Å². The lowest BCUT2D eigenvalue weighted by molar-refractivity contribution is -0.0438. The first-order valence-electron chi connectivity index (χ1n) is 9.87. The molecule has 1 N–H and O–H groups in total. The summed E-state index contributed by atoms with van der Waals surface area (Å²) >= 11 is 0. The number of pyridine rings is 1. The minimum absolute atomic E-state index is 0. The van der Waals surface area contributed by atoms with Gasteiger partial charge in [-0.2, -0.15) is 0 Å². The molecule has 29 heavy (non-hydrogen) atoms. The van der Waals surface area contributed by atoms with Crippen LogP contribution in [0.2, 0.25) is 0 Å². The van der Waals surface area contributed by atoms with E-state index in [-0.39, 0.29) is 49.3 Å². The maximum absolute atomic E-state index is 13.5. The molecule has 5 nitrogen and oxygen atoms in total. The lowest BCUT2D eigenvalue weighted by atomic mass is 9.84. The third kappa shape index (κ3) is 3.97. The number of imidazole rings is 1. The molecule has 160 valence electrons. The minimum atomic E-state index is -2.56. The van der Waals surface area contributed by atoms with Crippen LogP contribution in [-0.2, 0) is 6.54 Å². The molecular weight excluding hydrogens is 421 g/mol. The molecule has 1 saturated carbocycles. The SMILES string of the molecule is Cl.Cl.O=c1c(-c2nccn2C2CCC(F)(F)CC2)ccc2n1C[C@@H]1CNC[C@H]2C1. The van der Waals surface area contributed by atoms with Gasteiger partial charge in [-0.25, -0.2) is 13.8 Å². The van der Waals surface area contributed by atoms with Gasteiger partial charge in [0.1, 0.15) is 5.82 Å². The zero-order valence-electron chi connectivity index (χ0n) is 16.0. The molecule has 2 atom stereocenters. The van der Waals surface area contributed by atoms with Gasteiger partial charge in [-0.05, 0) is 43.9 Å². The first-order valence-corrected chi connectivity index (χ1v) is 9.87. The van der Waals surface area contributed by atoms with Gasteiger partial charge >= 0.3 is 0 Å². The molecule has 2 aliphatic heterocycles. The molecule has 9 heteroatoms. The molecule has 0 radical (unpaired) electrons. The largest absolute Gasteiger partial charge is 0.328 e. The molecule has 1 saturated heterocycles. The van der Waals surface area contributed by atoms with Gasteiger partial charge in [-0.15, -0.1) is 24.8 Å². The Hall–Kier alpha value is -1.44. The smallest absolute Gasteiger partial charge is 0.261 e. The van der Waals surface area contributed by atoms with Crippen LogP contribution in [0, 0.1) is 5.92 Å². The van der Waals surface area contributed by atoms with E-state index < -0.39 is 5.92 Å². The summed E-state index contributed by atoms with van der Waals surface area (Å²) in [6.45, 7) is 2.61. The topological polar surface area (TPSA) is 51.9 Å². The van der Waals surface area contributed by atoms with E-state index in [1.165, 1.54) is 0 Å². The molecule has 0 amide bonds. The number of hydrogen-bond acceptors (Lipinski definition) is 3. The molecular formula is C20H26Cl2F2N4O. The quantitative estimate of drug-likeness (QED) is 0.757.